The van der Waals surface area contributed by atoms with Crippen molar-refractivity contribution in [2.45, 2.75) is 6.42 Å². The third kappa shape index (κ3) is 1.84. The lowest BCUT2D eigenvalue weighted by Crippen LogP contribution is -2.13. The van der Waals surface area contributed by atoms with Crippen LogP contribution >= 0.6 is 11.6 Å². The summed E-state index contributed by atoms with van der Waals surface area (Å²) >= 11 is 5.59. The quantitative estimate of drug-likeness (QED) is 0.493. The minimum absolute atomic E-state index is 0.287. The Balaban J connectivity index is 3.03. The minimum atomic E-state index is -0.585. The molecule has 12 heavy (non-hydrogen) atoms. The number of carbonyl (C=O) groups is 1. The van der Waals surface area contributed by atoms with E-state index in [1.54, 1.807) is 6.08 Å². The molecular formula is C7H6ClNO2S. The Morgan fingerprint density at radius 3 is 2.67 bits per heavy atom. The van der Waals surface area contributed by atoms with Crippen molar-refractivity contribution in [1.29, 1.82) is 0 Å². The molecule has 1 aliphatic carbocycles. The maximum Gasteiger partial charge on any atom is 0.254 e. The van der Waals surface area contributed by atoms with Crippen molar-refractivity contribution in [2.24, 2.45) is 5.73 Å². The highest BCUT2D eigenvalue weighted by Gasteiger charge is 2.13. The molecule has 0 spiro atoms. The maximum absolute atomic E-state index is 10.7. The van der Waals surface area contributed by atoms with Crippen LogP contribution in [0.3, 0.4) is 0 Å². The van der Waals surface area contributed by atoms with Gasteiger partial charge in [-0.25, -0.2) is 4.21 Å². The minimum Gasteiger partial charge on any atom is -0.401 e. The van der Waals surface area contributed by atoms with Gasteiger partial charge in [0.05, 0.1) is 21.7 Å². The van der Waals surface area contributed by atoms with E-state index in [1.165, 1.54) is 6.08 Å². The zero-order chi connectivity index (χ0) is 9.14. The lowest BCUT2D eigenvalue weighted by molar-refractivity contribution is -0.108. The Morgan fingerprint density at radius 1 is 1.58 bits per heavy atom. The molecule has 0 heterocycles. The summed E-state index contributed by atoms with van der Waals surface area (Å²) in [5.74, 6) is 0. The van der Waals surface area contributed by atoms with Crippen molar-refractivity contribution < 1.29 is 9.00 Å². The highest BCUT2D eigenvalue weighted by atomic mass is 35.5. The fourth-order valence-corrected chi connectivity index (χ4v) is 1.40. The van der Waals surface area contributed by atoms with Gasteiger partial charge in [-0.05, 0) is 23.8 Å². The molecule has 1 aliphatic rings. The highest BCUT2D eigenvalue weighted by Crippen LogP contribution is 2.14. The van der Waals surface area contributed by atoms with E-state index in [4.69, 9.17) is 17.3 Å². The summed E-state index contributed by atoms with van der Waals surface area (Å²) in [5, 5.41) is -0.585. The molecule has 1 rings (SSSR count). The van der Waals surface area contributed by atoms with E-state index < -0.39 is 5.24 Å². The second kappa shape index (κ2) is 3.69. The molecule has 0 aromatic carbocycles. The summed E-state index contributed by atoms with van der Waals surface area (Å²) in [6.07, 6.45) is 3.34. The van der Waals surface area contributed by atoms with Crippen LogP contribution in [-0.2, 0) is 16.1 Å². The average molecular weight is 204 g/mol. The van der Waals surface area contributed by atoms with Crippen molar-refractivity contribution >= 4 is 33.0 Å². The number of rotatable bonds is 1. The SMILES string of the molecule is NC1=C(C(=O)Cl)C=CC(=S=O)C1. The fraction of sp³-hybridized carbons (Fsp3) is 0.143. The third-order valence-corrected chi connectivity index (χ3v) is 2.16. The van der Waals surface area contributed by atoms with Gasteiger partial charge in [-0.1, -0.05) is 0 Å². The van der Waals surface area contributed by atoms with Crippen molar-refractivity contribution in [1.82, 2.24) is 0 Å². The summed E-state index contributed by atoms with van der Waals surface area (Å²) in [5.41, 5.74) is 6.14. The molecule has 64 valence electrons. The van der Waals surface area contributed by atoms with Gasteiger partial charge in [0, 0.05) is 12.1 Å². The summed E-state index contributed by atoms with van der Waals surface area (Å²) in [6, 6.07) is 0. The topological polar surface area (TPSA) is 60.2 Å². The van der Waals surface area contributed by atoms with Crippen LogP contribution in [0.15, 0.2) is 23.4 Å². The van der Waals surface area contributed by atoms with Gasteiger partial charge in [0.25, 0.3) is 5.24 Å². The summed E-state index contributed by atoms with van der Waals surface area (Å²) in [7, 11) is 0. The molecule has 0 aromatic heterocycles. The lowest BCUT2D eigenvalue weighted by Gasteiger charge is -2.08. The molecule has 0 saturated heterocycles. The predicted octanol–water partition coefficient (Wildman–Crippen LogP) is 0.310. The molecule has 0 amide bonds. The molecule has 2 N–H and O–H groups in total. The van der Waals surface area contributed by atoms with Crippen LogP contribution in [0.1, 0.15) is 6.42 Å². The van der Waals surface area contributed by atoms with Gasteiger partial charge in [-0.2, -0.15) is 0 Å². The Kier molecular flexibility index (Phi) is 2.83. The molecule has 0 unspecified atom stereocenters. The van der Waals surface area contributed by atoms with Gasteiger partial charge >= 0.3 is 0 Å². The average Bonchev–Trinajstić information content (AvgIpc) is 2.03. The Morgan fingerprint density at radius 2 is 2.25 bits per heavy atom. The number of allylic oxidation sites excluding steroid dienone is 4. The van der Waals surface area contributed by atoms with Gasteiger partial charge in [-0.15, -0.1) is 0 Å². The highest BCUT2D eigenvalue weighted by molar-refractivity contribution is 7.66. The van der Waals surface area contributed by atoms with Crippen LogP contribution in [0.25, 0.3) is 0 Å². The van der Waals surface area contributed by atoms with Crippen molar-refractivity contribution in [3.8, 4) is 0 Å². The van der Waals surface area contributed by atoms with Crippen LogP contribution in [0.2, 0.25) is 0 Å². The largest absolute Gasteiger partial charge is 0.401 e. The number of hydrogen-bond acceptors (Lipinski definition) is 3. The van der Waals surface area contributed by atoms with E-state index in [9.17, 15) is 9.00 Å². The van der Waals surface area contributed by atoms with Crippen molar-refractivity contribution in [2.75, 3.05) is 0 Å². The van der Waals surface area contributed by atoms with Crippen LogP contribution in [0.5, 0.6) is 0 Å². The molecule has 0 bridgehead atoms. The molecule has 3 nitrogen and oxygen atoms in total. The second-order valence-corrected chi connectivity index (χ2v) is 3.31. The first-order valence-electron chi connectivity index (χ1n) is 3.17. The number of halogens is 1. The van der Waals surface area contributed by atoms with Crippen molar-refractivity contribution in [3.05, 3.63) is 23.4 Å². The molecule has 0 aliphatic heterocycles. The Hall–Kier alpha value is -0.870. The maximum atomic E-state index is 10.7. The molecule has 0 radical (unpaired) electrons. The standard InChI is InChI=1S/C7H6ClNO2S/c8-7(10)5-2-1-4(12-11)3-6(5)9/h1-2H,3,9H2. The molecule has 0 atom stereocenters. The summed E-state index contributed by atoms with van der Waals surface area (Å²) < 4.78 is 10.3. The number of carbonyl (C=O) groups excluding carboxylic acids is 1. The van der Waals surface area contributed by atoms with E-state index >= 15 is 0 Å². The summed E-state index contributed by atoms with van der Waals surface area (Å²) in [6.45, 7) is 0. The fourth-order valence-electron chi connectivity index (χ4n) is 0.874. The predicted molar refractivity (Wildman–Crippen MR) is 49.0 cm³/mol. The van der Waals surface area contributed by atoms with Gasteiger partial charge < -0.3 is 5.73 Å². The monoisotopic (exact) mass is 203 g/mol. The first-order chi connectivity index (χ1) is 5.65. The third-order valence-electron chi connectivity index (χ3n) is 1.47. The van der Waals surface area contributed by atoms with Gasteiger partial charge in [0.2, 0.25) is 0 Å². The van der Waals surface area contributed by atoms with Crippen LogP contribution in [-0.4, -0.2) is 14.3 Å². The van der Waals surface area contributed by atoms with Gasteiger partial charge in [0.15, 0.2) is 0 Å². The van der Waals surface area contributed by atoms with E-state index in [1.807, 2.05) is 0 Å². The number of hydrogen-bond donors (Lipinski definition) is 1. The molecule has 0 aromatic rings. The molecule has 0 saturated carbocycles. The van der Waals surface area contributed by atoms with E-state index in [2.05, 4.69) is 0 Å². The van der Waals surface area contributed by atoms with Gasteiger partial charge in [0.1, 0.15) is 0 Å². The molecule has 5 heteroatoms. The van der Waals surface area contributed by atoms with Crippen LogP contribution < -0.4 is 5.73 Å². The van der Waals surface area contributed by atoms with E-state index in [0.29, 0.717) is 28.2 Å². The first kappa shape index (κ1) is 9.22. The smallest absolute Gasteiger partial charge is 0.254 e. The van der Waals surface area contributed by atoms with Crippen LogP contribution in [0, 0.1) is 0 Å². The number of nitrogens with two attached hydrogens (primary N) is 1. The Bertz CT molecular complexity index is 339. The first-order valence-corrected chi connectivity index (χ1v) is 4.29. The Labute approximate surface area is 78.0 Å². The molecule has 0 fully saturated rings. The van der Waals surface area contributed by atoms with E-state index in [0.717, 1.165) is 0 Å². The normalized spacial score (nSPS) is 16.6. The van der Waals surface area contributed by atoms with Gasteiger partial charge in [-0.3, -0.25) is 4.79 Å². The van der Waals surface area contributed by atoms with Crippen LogP contribution in [0.4, 0.5) is 0 Å². The second-order valence-electron chi connectivity index (χ2n) is 2.27. The zero-order valence-corrected chi connectivity index (χ0v) is 7.61. The lowest BCUT2D eigenvalue weighted by atomic mass is 10.0. The summed E-state index contributed by atoms with van der Waals surface area (Å²) in [4.78, 5) is 11.3. The van der Waals surface area contributed by atoms with Crippen molar-refractivity contribution in [3.63, 3.8) is 0 Å². The zero-order valence-electron chi connectivity index (χ0n) is 6.04. The van der Waals surface area contributed by atoms with E-state index in [-0.39, 0.29) is 5.57 Å². The molecular weight excluding hydrogens is 198 g/mol.